The predicted molar refractivity (Wildman–Crippen MR) is 72.6 cm³/mol. The SMILES string of the molecule is CC1(CN(CC(=O)O)CC2CCCC2)CCCC1. The molecule has 18 heavy (non-hydrogen) atoms. The lowest BCUT2D eigenvalue weighted by molar-refractivity contribution is -0.138. The number of carbonyl (C=O) groups is 1. The number of rotatable bonds is 6. The van der Waals surface area contributed by atoms with Crippen molar-refractivity contribution in [2.45, 2.75) is 58.3 Å². The third-order valence-corrected chi connectivity index (χ3v) is 4.77. The topological polar surface area (TPSA) is 40.5 Å². The molecule has 0 amide bonds. The van der Waals surface area contributed by atoms with E-state index in [9.17, 15) is 4.79 Å². The quantitative estimate of drug-likeness (QED) is 0.790. The first kappa shape index (κ1) is 13.9. The molecule has 2 fully saturated rings. The molecule has 0 saturated heterocycles. The Morgan fingerprint density at radius 3 is 2.39 bits per heavy atom. The second kappa shape index (κ2) is 6.05. The van der Waals surface area contributed by atoms with Crippen LogP contribution in [0, 0.1) is 11.3 Å². The molecule has 0 aromatic carbocycles. The first-order valence-corrected chi connectivity index (χ1v) is 7.52. The van der Waals surface area contributed by atoms with Crippen LogP contribution in [0.5, 0.6) is 0 Å². The molecule has 0 atom stereocenters. The van der Waals surface area contributed by atoms with Crippen molar-refractivity contribution in [1.82, 2.24) is 4.90 Å². The minimum Gasteiger partial charge on any atom is -0.480 e. The molecule has 0 unspecified atom stereocenters. The molecule has 0 bridgehead atoms. The van der Waals surface area contributed by atoms with Crippen molar-refractivity contribution in [1.29, 1.82) is 0 Å². The average molecular weight is 253 g/mol. The summed E-state index contributed by atoms with van der Waals surface area (Å²) in [4.78, 5) is 13.2. The first-order valence-electron chi connectivity index (χ1n) is 7.52. The van der Waals surface area contributed by atoms with Crippen molar-refractivity contribution in [2.24, 2.45) is 11.3 Å². The van der Waals surface area contributed by atoms with E-state index in [0.717, 1.165) is 19.0 Å². The van der Waals surface area contributed by atoms with Crippen molar-refractivity contribution >= 4 is 5.97 Å². The van der Waals surface area contributed by atoms with E-state index in [1.54, 1.807) is 0 Å². The van der Waals surface area contributed by atoms with Crippen molar-refractivity contribution < 1.29 is 9.90 Å². The molecule has 2 aliphatic carbocycles. The number of carboxylic acid groups (broad SMARTS) is 1. The lowest BCUT2D eigenvalue weighted by Crippen LogP contribution is -2.40. The van der Waals surface area contributed by atoms with E-state index in [1.165, 1.54) is 51.4 Å². The Kier molecular flexibility index (Phi) is 4.66. The molecule has 0 heterocycles. The molecule has 2 saturated carbocycles. The van der Waals surface area contributed by atoms with Gasteiger partial charge in [0.15, 0.2) is 0 Å². The van der Waals surface area contributed by atoms with Gasteiger partial charge in [-0.1, -0.05) is 32.6 Å². The fraction of sp³-hybridized carbons (Fsp3) is 0.933. The number of aliphatic carboxylic acids is 1. The molecule has 3 nitrogen and oxygen atoms in total. The lowest BCUT2D eigenvalue weighted by atomic mass is 9.88. The third kappa shape index (κ3) is 3.98. The Labute approximate surface area is 111 Å². The molecule has 0 aliphatic heterocycles. The van der Waals surface area contributed by atoms with Gasteiger partial charge < -0.3 is 5.11 Å². The minimum absolute atomic E-state index is 0.228. The zero-order valence-electron chi connectivity index (χ0n) is 11.7. The van der Waals surface area contributed by atoms with Crippen molar-refractivity contribution in [3.05, 3.63) is 0 Å². The van der Waals surface area contributed by atoms with Crippen LogP contribution in [0.4, 0.5) is 0 Å². The summed E-state index contributed by atoms with van der Waals surface area (Å²) in [7, 11) is 0. The highest BCUT2D eigenvalue weighted by Crippen LogP contribution is 2.38. The number of carboxylic acids is 1. The van der Waals surface area contributed by atoms with Gasteiger partial charge in [0.25, 0.3) is 0 Å². The molecule has 0 spiro atoms. The molecular formula is C15H27NO2. The average Bonchev–Trinajstić information content (AvgIpc) is 2.89. The fourth-order valence-electron chi connectivity index (χ4n) is 3.86. The summed E-state index contributed by atoms with van der Waals surface area (Å²) in [5, 5.41) is 9.07. The van der Waals surface area contributed by atoms with Gasteiger partial charge in [-0.05, 0) is 37.0 Å². The highest BCUT2D eigenvalue weighted by Gasteiger charge is 2.32. The van der Waals surface area contributed by atoms with E-state index in [0.29, 0.717) is 5.41 Å². The van der Waals surface area contributed by atoms with Crippen molar-refractivity contribution in [3.63, 3.8) is 0 Å². The van der Waals surface area contributed by atoms with E-state index in [1.807, 2.05) is 0 Å². The van der Waals surface area contributed by atoms with Crippen molar-refractivity contribution in [3.8, 4) is 0 Å². The van der Waals surface area contributed by atoms with E-state index in [-0.39, 0.29) is 6.54 Å². The number of nitrogens with zero attached hydrogens (tertiary/aromatic N) is 1. The maximum Gasteiger partial charge on any atom is 0.317 e. The summed E-state index contributed by atoms with van der Waals surface area (Å²) in [6.45, 7) is 4.55. The maximum absolute atomic E-state index is 11.0. The molecule has 2 aliphatic rings. The number of hydrogen-bond acceptors (Lipinski definition) is 2. The largest absolute Gasteiger partial charge is 0.480 e. The Hall–Kier alpha value is -0.570. The van der Waals surface area contributed by atoms with Crippen LogP contribution in [0.2, 0.25) is 0 Å². The van der Waals surface area contributed by atoms with Gasteiger partial charge in [-0.15, -0.1) is 0 Å². The Morgan fingerprint density at radius 1 is 1.22 bits per heavy atom. The van der Waals surface area contributed by atoms with Gasteiger partial charge in [0.2, 0.25) is 0 Å². The summed E-state index contributed by atoms with van der Waals surface area (Å²) in [5.41, 5.74) is 0.369. The van der Waals surface area contributed by atoms with Crippen molar-refractivity contribution in [2.75, 3.05) is 19.6 Å². The highest BCUT2D eigenvalue weighted by molar-refractivity contribution is 5.69. The zero-order valence-corrected chi connectivity index (χ0v) is 11.7. The minimum atomic E-state index is -0.672. The van der Waals surface area contributed by atoms with Crippen LogP contribution in [-0.4, -0.2) is 35.6 Å². The van der Waals surface area contributed by atoms with Crippen LogP contribution in [-0.2, 0) is 4.79 Å². The summed E-state index contributed by atoms with van der Waals surface area (Å²) in [5.74, 6) is 0.0731. The molecule has 104 valence electrons. The Balaban J connectivity index is 1.88. The zero-order chi connectivity index (χ0) is 13.0. The van der Waals surface area contributed by atoms with Gasteiger partial charge in [0, 0.05) is 13.1 Å². The highest BCUT2D eigenvalue weighted by atomic mass is 16.4. The van der Waals surface area contributed by atoms with E-state index in [4.69, 9.17) is 5.11 Å². The van der Waals surface area contributed by atoms with E-state index >= 15 is 0 Å². The van der Waals surface area contributed by atoms with Crippen LogP contribution in [0.1, 0.15) is 58.3 Å². The number of hydrogen-bond donors (Lipinski definition) is 1. The smallest absolute Gasteiger partial charge is 0.317 e. The summed E-state index contributed by atoms with van der Waals surface area (Å²) >= 11 is 0. The van der Waals surface area contributed by atoms with E-state index < -0.39 is 5.97 Å². The monoisotopic (exact) mass is 253 g/mol. The van der Waals surface area contributed by atoms with Crippen LogP contribution in [0.3, 0.4) is 0 Å². The molecule has 1 N–H and O–H groups in total. The van der Waals surface area contributed by atoms with Gasteiger partial charge in [-0.3, -0.25) is 9.69 Å². The van der Waals surface area contributed by atoms with Gasteiger partial charge >= 0.3 is 5.97 Å². The maximum atomic E-state index is 11.0. The van der Waals surface area contributed by atoms with Gasteiger partial charge in [0.1, 0.15) is 0 Å². The first-order chi connectivity index (χ1) is 8.57. The molecule has 0 aromatic heterocycles. The molecular weight excluding hydrogens is 226 g/mol. The van der Waals surface area contributed by atoms with Crippen LogP contribution in [0.15, 0.2) is 0 Å². The standard InChI is InChI=1S/C15H27NO2/c1-15(8-4-5-9-15)12-16(11-14(17)18)10-13-6-2-3-7-13/h13H,2-12H2,1H3,(H,17,18). The Morgan fingerprint density at radius 2 is 1.83 bits per heavy atom. The van der Waals surface area contributed by atoms with Crippen LogP contribution >= 0.6 is 0 Å². The second-order valence-electron chi connectivity index (χ2n) is 6.73. The Bertz CT molecular complexity index is 278. The van der Waals surface area contributed by atoms with E-state index in [2.05, 4.69) is 11.8 Å². The van der Waals surface area contributed by atoms with Crippen LogP contribution in [0.25, 0.3) is 0 Å². The molecule has 2 rings (SSSR count). The summed E-state index contributed by atoms with van der Waals surface area (Å²) in [6.07, 6.45) is 10.5. The summed E-state index contributed by atoms with van der Waals surface area (Å²) < 4.78 is 0. The molecule has 0 radical (unpaired) electrons. The lowest BCUT2D eigenvalue weighted by Gasteiger charge is -2.33. The second-order valence-corrected chi connectivity index (χ2v) is 6.73. The normalized spacial score (nSPS) is 23.9. The fourth-order valence-corrected chi connectivity index (χ4v) is 3.86. The third-order valence-electron chi connectivity index (χ3n) is 4.77. The molecule has 0 aromatic rings. The predicted octanol–water partition coefficient (Wildman–Crippen LogP) is 3.14. The van der Waals surface area contributed by atoms with Gasteiger partial charge in [-0.2, -0.15) is 0 Å². The van der Waals surface area contributed by atoms with Gasteiger partial charge in [0.05, 0.1) is 6.54 Å². The summed E-state index contributed by atoms with van der Waals surface area (Å²) in [6, 6.07) is 0. The van der Waals surface area contributed by atoms with Crippen LogP contribution < -0.4 is 0 Å². The molecule has 3 heteroatoms. The van der Waals surface area contributed by atoms with Gasteiger partial charge in [-0.25, -0.2) is 0 Å².